The van der Waals surface area contributed by atoms with Gasteiger partial charge in [-0.05, 0) is 26.0 Å². The SMILES string of the molecule is COc1ccc(C#N)c(NC(C)(C)CO)c1. The smallest absolute Gasteiger partial charge is 0.121 e. The molecule has 0 aliphatic rings. The van der Waals surface area contributed by atoms with Crippen molar-refractivity contribution in [2.24, 2.45) is 0 Å². The fourth-order valence-electron chi connectivity index (χ4n) is 1.26. The molecule has 16 heavy (non-hydrogen) atoms. The fourth-order valence-corrected chi connectivity index (χ4v) is 1.26. The summed E-state index contributed by atoms with van der Waals surface area (Å²) in [6, 6.07) is 7.26. The summed E-state index contributed by atoms with van der Waals surface area (Å²) >= 11 is 0. The van der Waals surface area contributed by atoms with Crippen molar-refractivity contribution < 1.29 is 9.84 Å². The number of rotatable bonds is 4. The Morgan fingerprint density at radius 2 is 2.19 bits per heavy atom. The van der Waals surface area contributed by atoms with E-state index >= 15 is 0 Å². The Hall–Kier alpha value is -1.73. The van der Waals surface area contributed by atoms with Crippen molar-refractivity contribution >= 4 is 5.69 Å². The topological polar surface area (TPSA) is 65.3 Å². The summed E-state index contributed by atoms with van der Waals surface area (Å²) in [5.74, 6) is 0.676. The van der Waals surface area contributed by atoms with Crippen molar-refractivity contribution in [3.8, 4) is 11.8 Å². The quantitative estimate of drug-likeness (QED) is 0.811. The predicted molar refractivity (Wildman–Crippen MR) is 62.5 cm³/mol. The Bertz CT molecular complexity index is 408. The van der Waals surface area contributed by atoms with E-state index in [1.54, 1.807) is 25.3 Å². The molecule has 2 N–H and O–H groups in total. The summed E-state index contributed by atoms with van der Waals surface area (Å²) in [6.07, 6.45) is 0. The number of ether oxygens (including phenoxy) is 1. The van der Waals surface area contributed by atoms with E-state index < -0.39 is 5.54 Å². The zero-order chi connectivity index (χ0) is 12.2. The third kappa shape index (κ3) is 2.88. The lowest BCUT2D eigenvalue weighted by atomic mass is 10.1. The Morgan fingerprint density at radius 1 is 1.50 bits per heavy atom. The van der Waals surface area contributed by atoms with Crippen LogP contribution in [0.25, 0.3) is 0 Å². The van der Waals surface area contributed by atoms with Gasteiger partial charge in [0.2, 0.25) is 0 Å². The van der Waals surface area contributed by atoms with Crippen LogP contribution in [0.15, 0.2) is 18.2 Å². The molecule has 0 aliphatic heterocycles. The van der Waals surface area contributed by atoms with Crippen LogP contribution in [0.5, 0.6) is 5.75 Å². The minimum absolute atomic E-state index is 0.0188. The number of nitrogens with one attached hydrogen (secondary N) is 1. The summed E-state index contributed by atoms with van der Waals surface area (Å²) in [7, 11) is 1.57. The van der Waals surface area contributed by atoms with E-state index in [1.165, 1.54) is 0 Å². The van der Waals surface area contributed by atoms with Crippen LogP contribution in [-0.2, 0) is 0 Å². The van der Waals surface area contributed by atoms with Crippen LogP contribution >= 0.6 is 0 Å². The standard InChI is InChI=1S/C12H16N2O2/c1-12(2,8-15)14-11-6-10(16-3)5-4-9(11)7-13/h4-6,14-15H,8H2,1-3H3. The van der Waals surface area contributed by atoms with E-state index in [0.29, 0.717) is 17.0 Å². The molecule has 0 amide bonds. The molecule has 0 heterocycles. The molecule has 86 valence electrons. The number of benzene rings is 1. The zero-order valence-corrected chi connectivity index (χ0v) is 9.74. The molecule has 0 saturated heterocycles. The molecule has 1 aromatic rings. The summed E-state index contributed by atoms with van der Waals surface area (Å²) < 4.78 is 5.09. The van der Waals surface area contributed by atoms with E-state index in [4.69, 9.17) is 15.1 Å². The maximum Gasteiger partial charge on any atom is 0.121 e. The highest BCUT2D eigenvalue weighted by molar-refractivity contribution is 5.61. The van der Waals surface area contributed by atoms with E-state index in [1.807, 2.05) is 13.8 Å². The molecule has 0 aliphatic carbocycles. The molecule has 4 nitrogen and oxygen atoms in total. The van der Waals surface area contributed by atoms with Gasteiger partial charge >= 0.3 is 0 Å². The number of anilines is 1. The van der Waals surface area contributed by atoms with Crippen molar-refractivity contribution in [1.82, 2.24) is 0 Å². The molecule has 0 bridgehead atoms. The monoisotopic (exact) mass is 220 g/mol. The molecular formula is C12H16N2O2. The van der Waals surface area contributed by atoms with Crippen LogP contribution in [0.4, 0.5) is 5.69 Å². The number of nitrogens with zero attached hydrogens (tertiary/aromatic N) is 1. The van der Waals surface area contributed by atoms with E-state index in [-0.39, 0.29) is 6.61 Å². The molecule has 1 aromatic carbocycles. The van der Waals surface area contributed by atoms with Gasteiger partial charge in [-0.1, -0.05) is 0 Å². The van der Waals surface area contributed by atoms with Gasteiger partial charge in [-0.15, -0.1) is 0 Å². The van der Waals surface area contributed by atoms with Crippen molar-refractivity contribution in [2.45, 2.75) is 19.4 Å². The van der Waals surface area contributed by atoms with Gasteiger partial charge in [-0.25, -0.2) is 0 Å². The Morgan fingerprint density at radius 3 is 2.69 bits per heavy atom. The van der Waals surface area contributed by atoms with E-state index in [0.717, 1.165) is 0 Å². The van der Waals surface area contributed by atoms with Crippen LogP contribution in [0.3, 0.4) is 0 Å². The van der Waals surface area contributed by atoms with Crippen LogP contribution in [-0.4, -0.2) is 24.4 Å². The summed E-state index contributed by atoms with van der Waals surface area (Å²) in [5, 5.41) is 21.2. The van der Waals surface area contributed by atoms with Crippen LogP contribution < -0.4 is 10.1 Å². The van der Waals surface area contributed by atoms with Gasteiger partial charge < -0.3 is 15.2 Å². The summed E-state index contributed by atoms with van der Waals surface area (Å²) in [6.45, 7) is 3.69. The lowest BCUT2D eigenvalue weighted by Crippen LogP contribution is -2.35. The normalized spacial score (nSPS) is 10.7. The Balaban J connectivity index is 3.06. The van der Waals surface area contributed by atoms with Gasteiger partial charge in [-0.2, -0.15) is 5.26 Å². The molecule has 0 aromatic heterocycles. The first-order chi connectivity index (χ1) is 7.52. The van der Waals surface area contributed by atoms with Gasteiger partial charge in [0.05, 0.1) is 30.5 Å². The van der Waals surface area contributed by atoms with Crippen molar-refractivity contribution in [2.75, 3.05) is 19.0 Å². The van der Waals surface area contributed by atoms with Gasteiger partial charge in [0.1, 0.15) is 11.8 Å². The molecule has 0 atom stereocenters. The predicted octanol–water partition coefficient (Wildman–Crippen LogP) is 1.75. The Labute approximate surface area is 95.5 Å². The maximum absolute atomic E-state index is 9.17. The molecular weight excluding hydrogens is 204 g/mol. The third-order valence-electron chi connectivity index (χ3n) is 2.22. The number of nitriles is 1. The lowest BCUT2D eigenvalue weighted by molar-refractivity contribution is 0.234. The number of hydrogen-bond donors (Lipinski definition) is 2. The highest BCUT2D eigenvalue weighted by Gasteiger charge is 2.17. The first-order valence-electron chi connectivity index (χ1n) is 4.99. The van der Waals surface area contributed by atoms with Crippen molar-refractivity contribution in [3.63, 3.8) is 0 Å². The molecule has 4 heteroatoms. The fraction of sp³-hybridized carbons (Fsp3) is 0.417. The highest BCUT2D eigenvalue weighted by Crippen LogP contribution is 2.24. The average molecular weight is 220 g/mol. The van der Waals surface area contributed by atoms with E-state index in [2.05, 4.69) is 11.4 Å². The van der Waals surface area contributed by atoms with Gasteiger partial charge in [0.15, 0.2) is 0 Å². The molecule has 0 saturated carbocycles. The van der Waals surface area contributed by atoms with Crippen molar-refractivity contribution in [1.29, 1.82) is 5.26 Å². The molecule has 0 spiro atoms. The molecule has 0 fully saturated rings. The Kier molecular flexibility index (Phi) is 3.75. The third-order valence-corrected chi connectivity index (χ3v) is 2.22. The average Bonchev–Trinajstić information content (AvgIpc) is 2.28. The molecule has 0 radical (unpaired) electrons. The van der Waals surface area contributed by atoms with Crippen LogP contribution in [0.1, 0.15) is 19.4 Å². The zero-order valence-electron chi connectivity index (χ0n) is 9.74. The van der Waals surface area contributed by atoms with Gasteiger partial charge in [0.25, 0.3) is 0 Å². The summed E-state index contributed by atoms with van der Waals surface area (Å²) in [4.78, 5) is 0. The number of hydrogen-bond acceptors (Lipinski definition) is 4. The van der Waals surface area contributed by atoms with Crippen molar-refractivity contribution in [3.05, 3.63) is 23.8 Å². The minimum Gasteiger partial charge on any atom is -0.497 e. The second kappa shape index (κ2) is 4.86. The number of aliphatic hydroxyl groups is 1. The first kappa shape index (κ1) is 12.3. The second-order valence-electron chi connectivity index (χ2n) is 4.19. The highest BCUT2D eigenvalue weighted by atomic mass is 16.5. The van der Waals surface area contributed by atoms with Crippen LogP contribution in [0, 0.1) is 11.3 Å². The summed E-state index contributed by atoms with van der Waals surface area (Å²) in [5.41, 5.74) is 0.723. The second-order valence-corrected chi connectivity index (χ2v) is 4.19. The lowest BCUT2D eigenvalue weighted by Gasteiger charge is -2.25. The first-order valence-corrected chi connectivity index (χ1v) is 4.99. The van der Waals surface area contributed by atoms with E-state index in [9.17, 15) is 0 Å². The molecule has 1 rings (SSSR count). The number of aliphatic hydroxyl groups excluding tert-OH is 1. The number of methoxy groups -OCH3 is 1. The minimum atomic E-state index is -0.474. The molecule has 0 unspecified atom stereocenters. The van der Waals surface area contributed by atoms with Gasteiger partial charge in [0, 0.05) is 6.07 Å². The van der Waals surface area contributed by atoms with Crippen LogP contribution in [0.2, 0.25) is 0 Å². The van der Waals surface area contributed by atoms with Gasteiger partial charge in [-0.3, -0.25) is 0 Å². The maximum atomic E-state index is 9.17. The largest absolute Gasteiger partial charge is 0.497 e.